The average molecular weight is 393 g/mol. The number of halogens is 1. The van der Waals surface area contributed by atoms with E-state index >= 15 is 0 Å². The first-order chi connectivity index (χ1) is 12.8. The average Bonchev–Trinajstić information content (AvgIpc) is 2.64. The summed E-state index contributed by atoms with van der Waals surface area (Å²) in [4.78, 5) is 14.2. The molecule has 0 unspecified atom stereocenters. The van der Waals surface area contributed by atoms with E-state index in [0.717, 1.165) is 29.4 Å². The maximum atomic E-state index is 13.2. The van der Waals surface area contributed by atoms with Crippen LogP contribution in [0.5, 0.6) is 0 Å². The standard InChI is InChI=1S/C19H24FN3O3S/c1-22(2)14-6-13-21-19(24)15-23(17-7-4-3-5-8-17)27(25,26)18-11-9-16(20)10-12-18/h3-5,7-12H,6,13-15H2,1-2H3,(H,21,24). The molecule has 1 N–H and O–H groups in total. The molecule has 1 amide bonds. The Kier molecular flexibility index (Phi) is 7.32. The molecule has 0 aliphatic carbocycles. The van der Waals surface area contributed by atoms with Crippen molar-refractivity contribution in [2.45, 2.75) is 11.3 Å². The second-order valence-corrected chi connectivity index (χ2v) is 8.17. The summed E-state index contributed by atoms with van der Waals surface area (Å²) in [6.45, 7) is 0.915. The van der Waals surface area contributed by atoms with E-state index in [-0.39, 0.29) is 11.4 Å². The summed E-state index contributed by atoms with van der Waals surface area (Å²) in [5.74, 6) is -0.929. The Balaban J connectivity index is 2.20. The summed E-state index contributed by atoms with van der Waals surface area (Å²) < 4.78 is 40.2. The molecule has 0 radical (unpaired) electrons. The fraction of sp³-hybridized carbons (Fsp3) is 0.316. The van der Waals surface area contributed by atoms with E-state index in [4.69, 9.17) is 0 Å². The van der Waals surface area contributed by atoms with Crippen molar-refractivity contribution in [2.75, 3.05) is 38.0 Å². The van der Waals surface area contributed by atoms with Crippen molar-refractivity contribution < 1.29 is 17.6 Å². The fourth-order valence-corrected chi connectivity index (χ4v) is 3.87. The predicted molar refractivity (Wildman–Crippen MR) is 104 cm³/mol. The van der Waals surface area contributed by atoms with Crippen LogP contribution in [0.2, 0.25) is 0 Å². The number of carbonyl (C=O) groups excluding carboxylic acids is 1. The number of anilines is 1. The molecular weight excluding hydrogens is 369 g/mol. The minimum Gasteiger partial charge on any atom is -0.354 e. The first-order valence-corrected chi connectivity index (χ1v) is 9.99. The fourth-order valence-electron chi connectivity index (χ4n) is 2.45. The van der Waals surface area contributed by atoms with E-state index in [1.54, 1.807) is 30.3 Å². The second kappa shape index (κ2) is 9.48. The molecule has 0 fully saturated rings. The Hall–Kier alpha value is -2.45. The van der Waals surface area contributed by atoms with E-state index < -0.39 is 21.7 Å². The molecule has 2 aromatic carbocycles. The maximum Gasteiger partial charge on any atom is 0.264 e. The van der Waals surface area contributed by atoms with Crippen LogP contribution in [-0.2, 0) is 14.8 Å². The molecule has 0 saturated carbocycles. The zero-order chi connectivity index (χ0) is 19.9. The number of para-hydroxylation sites is 1. The van der Waals surface area contributed by atoms with Crippen LogP contribution in [0, 0.1) is 5.82 Å². The largest absolute Gasteiger partial charge is 0.354 e. The number of benzene rings is 2. The number of nitrogens with zero attached hydrogens (tertiary/aromatic N) is 2. The molecule has 27 heavy (non-hydrogen) atoms. The van der Waals surface area contributed by atoms with Gasteiger partial charge in [-0.3, -0.25) is 9.10 Å². The van der Waals surface area contributed by atoms with Crippen LogP contribution < -0.4 is 9.62 Å². The molecular formula is C19H24FN3O3S. The molecule has 0 bridgehead atoms. The zero-order valence-electron chi connectivity index (χ0n) is 15.4. The van der Waals surface area contributed by atoms with Crippen LogP contribution in [-0.4, -0.2) is 53.0 Å². The smallest absolute Gasteiger partial charge is 0.264 e. The lowest BCUT2D eigenvalue weighted by Crippen LogP contribution is -2.41. The highest BCUT2D eigenvalue weighted by atomic mass is 32.2. The summed E-state index contributed by atoms with van der Waals surface area (Å²) in [7, 11) is -0.135. The molecule has 6 nitrogen and oxygen atoms in total. The first-order valence-electron chi connectivity index (χ1n) is 8.55. The van der Waals surface area contributed by atoms with Crippen LogP contribution in [0.3, 0.4) is 0 Å². The van der Waals surface area contributed by atoms with E-state index in [2.05, 4.69) is 5.32 Å². The number of rotatable bonds is 9. The van der Waals surface area contributed by atoms with Gasteiger partial charge in [0.05, 0.1) is 10.6 Å². The SMILES string of the molecule is CN(C)CCCNC(=O)CN(c1ccccc1)S(=O)(=O)c1ccc(F)cc1. The Morgan fingerprint density at radius 2 is 1.67 bits per heavy atom. The van der Waals surface area contributed by atoms with Gasteiger partial charge >= 0.3 is 0 Å². The van der Waals surface area contributed by atoms with Gasteiger partial charge in [0.1, 0.15) is 12.4 Å². The van der Waals surface area contributed by atoms with Crippen LogP contribution in [0.1, 0.15) is 6.42 Å². The van der Waals surface area contributed by atoms with Gasteiger partial charge in [-0.15, -0.1) is 0 Å². The van der Waals surface area contributed by atoms with Crippen molar-refractivity contribution in [3.8, 4) is 0 Å². The van der Waals surface area contributed by atoms with E-state index in [9.17, 15) is 17.6 Å². The highest BCUT2D eigenvalue weighted by Gasteiger charge is 2.27. The lowest BCUT2D eigenvalue weighted by molar-refractivity contribution is -0.119. The third-order valence-electron chi connectivity index (χ3n) is 3.84. The summed E-state index contributed by atoms with van der Waals surface area (Å²) in [5.41, 5.74) is 0.366. The van der Waals surface area contributed by atoms with Crippen molar-refractivity contribution in [1.82, 2.24) is 10.2 Å². The Morgan fingerprint density at radius 3 is 2.26 bits per heavy atom. The minimum absolute atomic E-state index is 0.0758. The quantitative estimate of drug-likeness (QED) is 0.663. The van der Waals surface area contributed by atoms with Crippen molar-refractivity contribution in [2.24, 2.45) is 0 Å². The van der Waals surface area contributed by atoms with E-state index in [0.29, 0.717) is 12.2 Å². The topological polar surface area (TPSA) is 69.7 Å². The van der Waals surface area contributed by atoms with Crippen LogP contribution in [0.4, 0.5) is 10.1 Å². The Labute approximate surface area is 159 Å². The van der Waals surface area contributed by atoms with Gasteiger partial charge in [0.2, 0.25) is 5.91 Å². The molecule has 0 saturated heterocycles. The molecule has 0 aliphatic rings. The van der Waals surface area contributed by atoms with Gasteiger partial charge in [-0.2, -0.15) is 0 Å². The lowest BCUT2D eigenvalue weighted by atomic mass is 10.3. The highest BCUT2D eigenvalue weighted by molar-refractivity contribution is 7.92. The van der Waals surface area contributed by atoms with Crippen LogP contribution in [0.15, 0.2) is 59.5 Å². The molecule has 0 spiro atoms. The summed E-state index contributed by atoms with van der Waals surface area (Å²) in [6.07, 6.45) is 0.759. The number of amides is 1. The summed E-state index contributed by atoms with van der Waals surface area (Å²) >= 11 is 0. The first kappa shape index (κ1) is 20.9. The molecule has 0 heterocycles. The number of hydrogen-bond donors (Lipinski definition) is 1. The number of sulfonamides is 1. The molecule has 8 heteroatoms. The Bertz CT molecular complexity index is 840. The summed E-state index contributed by atoms with van der Waals surface area (Å²) in [6, 6.07) is 12.9. The number of nitrogens with one attached hydrogen (secondary N) is 1. The third-order valence-corrected chi connectivity index (χ3v) is 5.63. The van der Waals surface area contributed by atoms with E-state index in [1.165, 1.54) is 12.1 Å². The highest BCUT2D eigenvalue weighted by Crippen LogP contribution is 2.23. The van der Waals surface area contributed by atoms with Gasteiger partial charge in [-0.05, 0) is 63.5 Å². The number of hydrogen-bond acceptors (Lipinski definition) is 4. The van der Waals surface area contributed by atoms with Crippen molar-refractivity contribution in [3.05, 3.63) is 60.4 Å². The number of carbonyl (C=O) groups is 1. The molecule has 146 valence electrons. The molecule has 2 rings (SSSR count). The Morgan fingerprint density at radius 1 is 1.04 bits per heavy atom. The van der Waals surface area contributed by atoms with E-state index in [1.807, 2.05) is 19.0 Å². The lowest BCUT2D eigenvalue weighted by Gasteiger charge is -2.24. The zero-order valence-corrected chi connectivity index (χ0v) is 16.2. The van der Waals surface area contributed by atoms with Gasteiger partial charge in [0.25, 0.3) is 10.0 Å². The van der Waals surface area contributed by atoms with Gasteiger partial charge in [-0.25, -0.2) is 12.8 Å². The molecule has 0 aromatic heterocycles. The monoisotopic (exact) mass is 393 g/mol. The predicted octanol–water partition coefficient (Wildman–Crippen LogP) is 2.09. The van der Waals surface area contributed by atoms with Gasteiger partial charge in [0, 0.05) is 6.54 Å². The van der Waals surface area contributed by atoms with Gasteiger partial charge in [0.15, 0.2) is 0 Å². The normalized spacial score (nSPS) is 11.4. The molecule has 0 atom stereocenters. The van der Waals surface area contributed by atoms with Gasteiger partial charge in [-0.1, -0.05) is 18.2 Å². The van der Waals surface area contributed by atoms with Crippen LogP contribution >= 0.6 is 0 Å². The third kappa shape index (κ3) is 6.04. The van der Waals surface area contributed by atoms with Crippen molar-refractivity contribution >= 4 is 21.6 Å². The maximum absolute atomic E-state index is 13.2. The minimum atomic E-state index is -4.01. The second-order valence-electron chi connectivity index (χ2n) is 6.31. The van der Waals surface area contributed by atoms with Crippen LogP contribution in [0.25, 0.3) is 0 Å². The summed E-state index contributed by atoms with van der Waals surface area (Å²) in [5, 5.41) is 2.74. The van der Waals surface area contributed by atoms with Crippen molar-refractivity contribution in [3.63, 3.8) is 0 Å². The molecule has 2 aromatic rings. The van der Waals surface area contributed by atoms with Crippen molar-refractivity contribution in [1.29, 1.82) is 0 Å². The molecule has 0 aliphatic heterocycles. The van der Waals surface area contributed by atoms with Gasteiger partial charge < -0.3 is 10.2 Å².